The molecule has 54 heavy (non-hydrogen) atoms. The molecule has 6 aromatic heterocycles. The van der Waals surface area contributed by atoms with Gasteiger partial charge in [-0.25, -0.2) is 34.6 Å². The molecule has 0 saturated heterocycles. The van der Waals surface area contributed by atoms with Gasteiger partial charge in [-0.1, -0.05) is 0 Å². The second-order valence-electron chi connectivity index (χ2n) is 10.1. The van der Waals surface area contributed by atoms with E-state index in [9.17, 15) is 36.2 Å². The van der Waals surface area contributed by atoms with E-state index in [1.807, 2.05) is 0 Å². The maximum atomic E-state index is 13.4. The van der Waals surface area contributed by atoms with Gasteiger partial charge in [-0.05, 0) is 68.3 Å². The number of hydrogen-bond acceptors (Lipinski definition) is 12. The van der Waals surface area contributed by atoms with E-state index in [-0.39, 0.29) is 81.3 Å². The number of aliphatic hydroxyl groups excluding tert-OH is 1. The third-order valence-corrected chi connectivity index (χ3v) is 7.35. The van der Waals surface area contributed by atoms with Crippen LogP contribution in [-0.4, -0.2) is 68.8 Å². The number of aliphatic hydroxyl groups is 1. The minimum Gasteiger partial charge on any atom is -1.00 e. The van der Waals surface area contributed by atoms with Crippen LogP contribution < -0.4 is 39.0 Å². The molecule has 0 aromatic carbocycles. The largest absolute Gasteiger partial charge is 1.00 e. The number of pyridine rings is 4. The maximum Gasteiger partial charge on any atom is 1.00 e. The Labute approximate surface area is 343 Å². The SMILES string of the molecule is O=C(Cn1cncn1)c1ccc(Oc2ccc(Br)nc2)nc1C(F)(F)F.OC(Cn1cncn1)c1ccc(Oc2ccc(Br)nc2)nc1C(F)(F)F.[B].[H-].[Na+]. The summed E-state index contributed by atoms with van der Waals surface area (Å²) in [6.07, 6.45) is -3.48. The van der Waals surface area contributed by atoms with Crippen LogP contribution >= 0.6 is 31.9 Å². The summed E-state index contributed by atoms with van der Waals surface area (Å²) in [4.78, 5) is 34.3. The monoisotopic (exact) mass is 891 g/mol. The van der Waals surface area contributed by atoms with Crippen LogP contribution in [0, 0.1) is 0 Å². The third kappa shape index (κ3) is 12.4. The zero-order chi connectivity index (χ0) is 37.5. The molecule has 275 valence electrons. The zero-order valence-electron chi connectivity index (χ0n) is 28.3. The van der Waals surface area contributed by atoms with Crippen LogP contribution in [0.15, 0.2) is 95.4 Å². The van der Waals surface area contributed by atoms with E-state index in [0.717, 1.165) is 16.8 Å². The Bertz CT molecular complexity index is 2110. The van der Waals surface area contributed by atoms with E-state index >= 15 is 0 Å². The second kappa shape index (κ2) is 19.3. The van der Waals surface area contributed by atoms with E-state index in [1.165, 1.54) is 66.7 Å². The topological polar surface area (TPSA) is 169 Å². The zero-order valence-corrected chi connectivity index (χ0v) is 32.5. The van der Waals surface area contributed by atoms with Crippen molar-refractivity contribution in [1.29, 1.82) is 0 Å². The summed E-state index contributed by atoms with van der Waals surface area (Å²) in [6.45, 7) is -0.580. The molecular formula is C30H21BBr2F6N10NaO4. The molecule has 0 bridgehead atoms. The number of nitrogens with zero attached hydrogens (tertiary/aromatic N) is 10. The molecule has 0 fully saturated rings. The van der Waals surface area contributed by atoms with Crippen LogP contribution in [0.3, 0.4) is 0 Å². The van der Waals surface area contributed by atoms with Gasteiger partial charge in [-0.3, -0.25) is 9.48 Å². The van der Waals surface area contributed by atoms with Crippen LogP contribution in [0.1, 0.15) is 34.8 Å². The number of hydrogen-bond donors (Lipinski definition) is 1. The molecular weight excluding hydrogens is 872 g/mol. The van der Waals surface area contributed by atoms with Crippen molar-refractivity contribution < 1.29 is 76.7 Å². The average Bonchev–Trinajstić information content (AvgIpc) is 3.81. The first-order valence-corrected chi connectivity index (χ1v) is 15.9. The molecule has 6 rings (SSSR count). The maximum absolute atomic E-state index is 13.4. The van der Waals surface area contributed by atoms with Crippen molar-refractivity contribution >= 4 is 46.1 Å². The summed E-state index contributed by atoms with van der Waals surface area (Å²) >= 11 is 6.29. The van der Waals surface area contributed by atoms with Crippen LogP contribution in [0.4, 0.5) is 26.3 Å². The number of carbonyl (C=O) groups is 1. The molecule has 3 radical (unpaired) electrons. The van der Waals surface area contributed by atoms with Gasteiger partial charge in [0.05, 0.1) is 24.5 Å². The molecule has 1 atom stereocenters. The Kier molecular flexibility index (Phi) is 15.8. The predicted octanol–water partition coefficient (Wildman–Crippen LogP) is 3.64. The molecule has 0 aliphatic rings. The molecule has 0 spiro atoms. The van der Waals surface area contributed by atoms with E-state index in [2.05, 4.69) is 72.0 Å². The summed E-state index contributed by atoms with van der Waals surface area (Å²) in [5.41, 5.74) is -3.51. The predicted molar refractivity (Wildman–Crippen MR) is 179 cm³/mol. The van der Waals surface area contributed by atoms with Crippen molar-refractivity contribution in [3.8, 4) is 23.3 Å². The number of alkyl halides is 6. The molecule has 0 amide bonds. The van der Waals surface area contributed by atoms with Gasteiger partial charge < -0.3 is 16.0 Å². The Morgan fingerprint density at radius 1 is 0.759 bits per heavy atom. The number of halogens is 8. The molecule has 0 saturated carbocycles. The van der Waals surface area contributed by atoms with Crippen LogP contribution in [0.5, 0.6) is 23.3 Å². The van der Waals surface area contributed by atoms with Crippen LogP contribution in [0.25, 0.3) is 0 Å². The summed E-state index contributed by atoms with van der Waals surface area (Å²) in [5.74, 6) is -0.940. The van der Waals surface area contributed by atoms with E-state index in [4.69, 9.17) is 9.47 Å². The quantitative estimate of drug-likeness (QED) is 0.0920. The molecule has 0 aliphatic heterocycles. The molecule has 0 aliphatic carbocycles. The van der Waals surface area contributed by atoms with E-state index in [1.54, 1.807) is 12.1 Å². The fourth-order valence-electron chi connectivity index (χ4n) is 4.18. The number of ether oxygens (including phenoxy) is 2. The minimum absolute atomic E-state index is 0. The number of carbonyl (C=O) groups excluding carboxylic acids is 1. The Morgan fingerprint density at radius 3 is 1.72 bits per heavy atom. The first-order chi connectivity index (χ1) is 24.7. The number of ketones is 1. The van der Waals surface area contributed by atoms with Crippen molar-refractivity contribution in [2.24, 2.45) is 0 Å². The molecule has 6 heterocycles. The Balaban J connectivity index is 0.000000360. The van der Waals surface area contributed by atoms with Crippen molar-refractivity contribution in [3.05, 3.63) is 118 Å². The van der Waals surface area contributed by atoms with E-state index in [0.29, 0.717) is 9.21 Å². The van der Waals surface area contributed by atoms with Gasteiger partial charge in [0.1, 0.15) is 58.7 Å². The molecule has 24 heteroatoms. The van der Waals surface area contributed by atoms with Crippen LogP contribution in [-0.2, 0) is 25.4 Å². The van der Waals surface area contributed by atoms with Crippen molar-refractivity contribution in [2.75, 3.05) is 0 Å². The van der Waals surface area contributed by atoms with Gasteiger partial charge in [0.25, 0.3) is 0 Å². The first-order valence-electron chi connectivity index (χ1n) is 14.3. The van der Waals surface area contributed by atoms with Gasteiger partial charge in [-0.15, -0.1) is 0 Å². The van der Waals surface area contributed by atoms with Crippen molar-refractivity contribution in [1.82, 2.24) is 49.5 Å². The van der Waals surface area contributed by atoms with Crippen LogP contribution in [0.2, 0.25) is 0 Å². The Morgan fingerprint density at radius 2 is 1.26 bits per heavy atom. The average molecular weight is 893 g/mol. The minimum atomic E-state index is -4.83. The first kappa shape index (κ1) is 44.1. The number of aromatic nitrogens is 10. The summed E-state index contributed by atoms with van der Waals surface area (Å²) in [7, 11) is 0. The molecule has 1 unspecified atom stereocenters. The van der Waals surface area contributed by atoms with Crippen molar-refractivity contribution in [2.45, 2.75) is 31.5 Å². The number of Topliss-reactive ketones (excluding diaryl/α,β-unsaturated/α-hetero) is 1. The fourth-order valence-corrected chi connectivity index (χ4v) is 4.65. The third-order valence-electron chi connectivity index (χ3n) is 6.41. The van der Waals surface area contributed by atoms with E-state index < -0.39 is 41.2 Å². The smallest absolute Gasteiger partial charge is 1.00 e. The number of rotatable bonds is 10. The summed E-state index contributed by atoms with van der Waals surface area (Å²) in [6, 6.07) is 10.8. The second-order valence-corrected chi connectivity index (χ2v) is 11.7. The van der Waals surface area contributed by atoms with Gasteiger partial charge >= 0.3 is 41.9 Å². The van der Waals surface area contributed by atoms with Gasteiger partial charge in [-0.2, -0.15) is 36.5 Å². The summed E-state index contributed by atoms with van der Waals surface area (Å²) < 4.78 is 94.2. The normalized spacial score (nSPS) is 11.6. The van der Waals surface area contributed by atoms with Crippen molar-refractivity contribution in [3.63, 3.8) is 0 Å². The van der Waals surface area contributed by atoms with Gasteiger partial charge in [0, 0.05) is 26.1 Å². The van der Waals surface area contributed by atoms with Gasteiger partial charge in [0.2, 0.25) is 11.8 Å². The summed E-state index contributed by atoms with van der Waals surface area (Å²) in [5, 5.41) is 17.6. The molecule has 6 aromatic rings. The molecule has 1 N–H and O–H groups in total. The Hall–Kier alpha value is -4.29. The van der Waals surface area contributed by atoms with Gasteiger partial charge in [0.15, 0.2) is 17.2 Å². The molecule has 14 nitrogen and oxygen atoms in total. The standard InChI is InChI=1S/C15H11BrF3N5O2.C15H9BrF3N5O2.B.Na.H/c2*16-12-3-1-9(5-21-12)26-13-4-2-10(14(23-13)15(17,18)19)11(25)6-24-8-20-7-22-24;;;/h1-5,7-8,11,25H,6H2;1-5,7-8H,6H2;;;/q;;;+1;-1. The fraction of sp³-hybridized carbons (Fsp3) is 0.167.